The number of aromatic amines is 1. The third-order valence-electron chi connectivity index (χ3n) is 2.58. The number of carbonyl (C=O) groups is 1. The van der Waals surface area contributed by atoms with Crippen LogP contribution in [0, 0.1) is 0 Å². The molecule has 106 valence electrons. The van der Waals surface area contributed by atoms with Crippen LogP contribution in [0.4, 0.5) is 0 Å². The lowest BCUT2D eigenvalue weighted by Gasteiger charge is -2.06. The average molecular weight is 301 g/mol. The van der Waals surface area contributed by atoms with Gasteiger partial charge in [-0.15, -0.1) is 0 Å². The Kier molecular flexibility index (Phi) is 3.97. The second-order valence-corrected chi connectivity index (χ2v) is 5.00. The third-order valence-corrected chi connectivity index (χ3v) is 3.58. The molecule has 0 aliphatic heterocycles. The normalized spacial score (nSPS) is 10.5. The summed E-state index contributed by atoms with van der Waals surface area (Å²) in [6, 6.07) is 9.04. The van der Waals surface area contributed by atoms with Gasteiger partial charge in [0.25, 0.3) is 5.91 Å². The largest absolute Gasteiger partial charge is 0.380 e. The Morgan fingerprint density at radius 1 is 1.29 bits per heavy atom. The molecule has 2 aromatic heterocycles. The predicted molar refractivity (Wildman–Crippen MR) is 77.6 cm³/mol. The topological polar surface area (TPSA) is 92.8 Å². The van der Waals surface area contributed by atoms with Gasteiger partial charge in [-0.1, -0.05) is 30.0 Å². The van der Waals surface area contributed by atoms with Gasteiger partial charge in [-0.2, -0.15) is 10.6 Å². The smallest absolute Gasteiger partial charge is 0.262 e. The summed E-state index contributed by atoms with van der Waals surface area (Å²) in [5, 5.41) is 8.14. The number of nitrogens with one attached hydrogen (secondary N) is 2. The van der Waals surface area contributed by atoms with Crippen LogP contribution in [-0.2, 0) is 4.79 Å². The van der Waals surface area contributed by atoms with Gasteiger partial charge in [0, 0.05) is 0 Å². The number of hydrogen-bond donors (Lipinski definition) is 2. The highest BCUT2D eigenvalue weighted by Crippen LogP contribution is 2.22. The number of hydroxylamine groups is 1. The highest BCUT2D eigenvalue weighted by Gasteiger charge is 2.09. The minimum absolute atomic E-state index is 0.185. The van der Waals surface area contributed by atoms with Gasteiger partial charge < -0.3 is 4.84 Å². The van der Waals surface area contributed by atoms with Crippen LogP contribution < -0.4 is 10.3 Å². The van der Waals surface area contributed by atoms with Gasteiger partial charge >= 0.3 is 0 Å². The molecule has 21 heavy (non-hydrogen) atoms. The molecule has 7 nitrogen and oxygen atoms in total. The van der Waals surface area contributed by atoms with Gasteiger partial charge in [-0.05, 0) is 12.1 Å². The molecule has 1 amide bonds. The van der Waals surface area contributed by atoms with Crippen molar-refractivity contribution >= 4 is 28.7 Å². The molecule has 1 aromatic carbocycles. The molecule has 0 radical (unpaired) electrons. The van der Waals surface area contributed by atoms with E-state index in [1.54, 1.807) is 18.3 Å². The molecule has 2 N–H and O–H groups in total. The number of para-hydroxylation sites is 1. The lowest BCUT2D eigenvalue weighted by Crippen LogP contribution is -2.28. The Labute approximate surface area is 124 Å². The summed E-state index contributed by atoms with van der Waals surface area (Å²) in [7, 11) is 0. The van der Waals surface area contributed by atoms with Crippen LogP contribution in [0.1, 0.15) is 0 Å². The van der Waals surface area contributed by atoms with Crippen molar-refractivity contribution in [2.75, 3.05) is 5.75 Å². The molecule has 0 aliphatic rings. The van der Waals surface area contributed by atoms with E-state index in [4.69, 9.17) is 4.84 Å². The van der Waals surface area contributed by atoms with Crippen LogP contribution in [0.2, 0.25) is 0 Å². The van der Waals surface area contributed by atoms with E-state index in [9.17, 15) is 4.79 Å². The van der Waals surface area contributed by atoms with E-state index in [1.807, 2.05) is 18.2 Å². The SMILES string of the molecule is O=C(CSc1ncnc2[nH]ncc12)NOc1ccccc1. The molecule has 0 unspecified atom stereocenters. The van der Waals surface area contributed by atoms with Crippen LogP contribution in [0.25, 0.3) is 11.0 Å². The first-order valence-corrected chi connectivity index (χ1v) is 7.09. The molecule has 0 saturated heterocycles. The zero-order valence-corrected chi connectivity index (χ0v) is 11.6. The number of nitrogens with zero attached hydrogens (tertiary/aromatic N) is 3. The molecule has 0 atom stereocenters. The van der Waals surface area contributed by atoms with Crippen molar-refractivity contribution in [3.63, 3.8) is 0 Å². The molecule has 3 aromatic rings. The summed E-state index contributed by atoms with van der Waals surface area (Å²) in [5.41, 5.74) is 3.03. The number of thioether (sulfide) groups is 1. The average Bonchev–Trinajstić information content (AvgIpc) is 3.01. The van der Waals surface area contributed by atoms with Gasteiger partial charge in [-0.3, -0.25) is 9.89 Å². The van der Waals surface area contributed by atoms with Crippen LogP contribution in [0.15, 0.2) is 47.9 Å². The number of fused-ring (bicyclic) bond motifs is 1. The molecule has 0 spiro atoms. The fraction of sp³-hybridized carbons (Fsp3) is 0.0769. The zero-order valence-electron chi connectivity index (χ0n) is 10.8. The van der Waals surface area contributed by atoms with E-state index in [0.29, 0.717) is 16.4 Å². The van der Waals surface area contributed by atoms with Crippen molar-refractivity contribution < 1.29 is 9.63 Å². The Bertz CT molecular complexity index is 746. The molecule has 3 rings (SSSR count). The van der Waals surface area contributed by atoms with E-state index in [1.165, 1.54) is 18.1 Å². The van der Waals surface area contributed by atoms with Gasteiger partial charge in [0.1, 0.15) is 11.4 Å². The first-order valence-electron chi connectivity index (χ1n) is 6.10. The second kappa shape index (κ2) is 6.23. The van der Waals surface area contributed by atoms with E-state index in [-0.39, 0.29) is 11.7 Å². The number of benzene rings is 1. The number of rotatable bonds is 5. The highest BCUT2D eigenvalue weighted by molar-refractivity contribution is 8.00. The standard InChI is InChI=1S/C13H11N5O2S/c19-11(18-20-9-4-2-1-3-5-9)7-21-13-10-6-16-17-12(10)14-8-15-13/h1-6,8H,7H2,(H,18,19)(H,14,15,16,17). The summed E-state index contributed by atoms with van der Waals surface area (Å²) in [6.07, 6.45) is 3.07. The van der Waals surface area contributed by atoms with Crippen molar-refractivity contribution in [2.45, 2.75) is 5.03 Å². The van der Waals surface area contributed by atoms with Crippen molar-refractivity contribution in [1.29, 1.82) is 0 Å². The Morgan fingerprint density at radius 3 is 3.00 bits per heavy atom. The second-order valence-electron chi connectivity index (χ2n) is 4.04. The Balaban J connectivity index is 1.55. The number of aromatic nitrogens is 4. The fourth-order valence-electron chi connectivity index (χ4n) is 1.63. The molecule has 8 heteroatoms. The molecule has 0 bridgehead atoms. The summed E-state index contributed by atoms with van der Waals surface area (Å²) >= 11 is 1.29. The molecule has 0 saturated carbocycles. The first kappa shape index (κ1) is 13.4. The van der Waals surface area contributed by atoms with Gasteiger partial charge in [0.15, 0.2) is 11.4 Å². The minimum Gasteiger partial charge on any atom is -0.380 e. The van der Waals surface area contributed by atoms with Crippen LogP contribution in [0.3, 0.4) is 0 Å². The van der Waals surface area contributed by atoms with E-state index in [0.717, 1.165) is 5.39 Å². The van der Waals surface area contributed by atoms with E-state index >= 15 is 0 Å². The van der Waals surface area contributed by atoms with Gasteiger partial charge in [-0.25, -0.2) is 9.97 Å². The fourth-order valence-corrected chi connectivity index (χ4v) is 2.38. The maximum Gasteiger partial charge on any atom is 0.262 e. The number of H-pyrrole nitrogens is 1. The highest BCUT2D eigenvalue weighted by atomic mass is 32.2. The summed E-state index contributed by atoms with van der Waals surface area (Å²) in [6.45, 7) is 0. The quantitative estimate of drug-likeness (QED) is 0.422. The lowest BCUT2D eigenvalue weighted by molar-refractivity contribution is -0.124. The maximum atomic E-state index is 11.7. The molecule has 0 aliphatic carbocycles. The number of hydrogen-bond acceptors (Lipinski definition) is 6. The van der Waals surface area contributed by atoms with Gasteiger partial charge in [0.2, 0.25) is 0 Å². The van der Waals surface area contributed by atoms with Crippen molar-refractivity contribution in [1.82, 2.24) is 25.6 Å². The third kappa shape index (κ3) is 3.29. The molecular weight excluding hydrogens is 290 g/mol. The summed E-state index contributed by atoms with van der Waals surface area (Å²) in [4.78, 5) is 25.1. The summed E-state index contributed by atoms with van der Waals surface area (Å²) < 4.78 is 0. The summed E-state index contributed by atoms with van der Waals surface area (Å²) in [5.74, 6) is 0.513. The Morgan fingerprint density at radius 2 is 2.14 bits per heavy atom. The van der Waals surface area contributed by atoms with Crippen molar-refractivity contribution in [3.8, 4) is 5.75 Å². The molecule has 2 heterocycles. The molecular formula is C13H11N5O2S. The minimum atomic E-state index is -0.251. The van der Waals surface area contributed by atoms with Crippen LogP contribution >= 0.6 is 11.8 Å². The van der Waals surface area contributed by atoms with E-state index in [2.05, 4.69) is 25.6 Å². The molecule has 0 fully saturated rings. The maximum absolute atomic E-state index is 11.7. The Hall–Kier alpha value is -2.61. The predicted octanol–water partition coefficient (Wildman–Crippen LogP) is 1.56. The lowest BCUT2D eigenvalue weighted by atomic mass is 10.3. The number of carbonyl (C=O) groups excluding carboxylic acids is 1. The number of amides is 1. The van der Waals surface area contributed by atoms with Crippen molar-refractivity contribution in [2.24, 2.45) is 0 Å². The monoisotopic (exact) mass is 301 g/mol. The zero-order chi connectivity index (χ0) is 14.5. The first-order chi connectivity index (χ1) is 10.3. The van der Waals surface area contributed by atoms with E-state index < -0.39 is 0 Å². The van der Waals surface area contributed by atoms with Crippen molar-refractivity contribution in [3.05, 3.63) is 42.9 Å². The van der Waals surface area contributed by atoms with Gasteiger partial charge in [0.05, 0.1) is 17.3 Å². The van der Waals surface area contributed by atoms with Crippen LogP contribution in [0.5, 0.6) is 5.75 Å². The van der Waals surface area contributed by atoms with Crippen LogP contribution in [-0.4, -0.2) is 31.8 Å².